The first-order valence-electron chi connectivity index (χ1n) is 5.83. The van der Waals surface area contributed by atoms with E-state index in [2.05, 4.69) is 5.32 Å². The van der Waals surface area contributed by atoms with Crippen LogP contribution in [-0.2, 0) is 0 Å². The lowest BCUT2D eigenvalue weighted by Crippen LogP contribution is -2.07. The van der Waals surface area contributed by atoms with Crippen LogP contribution in [0.2, 0.25) is 0 Å². The minimum atomic E-state index is -0.446. The molecule has 0 saturated carbocycles. The molecule has 2 rings (SSSR count). The van der Waals surface area contributed by atoms with Gasteiger partial charge in [-0.15, -0.1) is 0 Å². The first-order valence-corrected chi connectivity index (χ1v) is 5.83. The molecule has 5 heteroatoms. The number of nitrogens with one attached hydrogen (secondary N) is 1. The number of hydrogen-bond donors (Lipinski definition) is 1. The summed E-state index contributed by atoms with van der Waals surface area (Å²) in [4.78, 5) is 10.1. The molecular weight excluding hydrogens is 247 g/mol. The van der Waals surface area contributed by atoms with Crippen LogP contribution in [0.1, 0.15) is 18.5 Å². The molecule has 1 N–H and O–H groups in total. The highest BCUT2D eigenvalue weighted by atomic mass is 19.1. The van der Waals surface area contributed by atoms with Gasteiger partial charge in [0.25, 0.3) is 5.69 Å². The Labute approximate surface area is 110 Å². The minimum absolute atomic E-state index is 0.0434. The van der Waals surface area contributed by atoms with Crippen molar-refractivity contribution in [3.63, 3.8) is 0 Å². The summed E-state index contributed by atoms with van der Waals surface area (Å²) in [5, 5.41) is 13.6. The van der Waals surface area contributed by atoms with Gasteiger partial charge in [0, 0.05) is 18.2 Å². The van der Waals surface area contributed by atoms with Gasteiger partial charge >= 0.3 is 0 Å². The van der Waals surface area contributed by atoms with Crippen molar-refractivity contribution >= 4 is 11.4 Å². The number of nitro benzene ring substituents is 1. The Kier molecular flexibility index (Phi) is 3.75. The SMILES string of the molecule is CC(Nc1ccccc1F)c1ccc([N+](=O)[O-])cc1. The second kappa shape index (κ2) is 5.48. The smallest absolute Gasteiger partial charge is 0.269 e. The second-order valence-electron chi connectivity index (χ2n) is 4.19. The van der Waals surface area contributed by atoms with E-state index < -0.39 is 4.92 Å². The average Bonchev–Trinajstić information content (AvgIpc) is 2.41. The van der Waals surface area contributed by atoms with E-state index in [1.807, 2.05) is 6.92 Å². The molecule has 0 radical (unpaired) electrons. The maximum Gasteiger partial charge on any atom is 0.269 e. The summed E-state index contributed by atoms with van der Waals surface area (Å²) in [5.41, 5.74) is 1.31. The predicted molar refractivity (Wildman–Crippen MR) is 71.5 cm³/mol. The first kappa shape index (κ1) is 13.0. The van der Waals surface area contributed by atoms with E-state index in [0.717, 1.165) is 5.56 Å². The largest absolute Gasteiger partial charge is 0.376 e. The number of benzene rings is 2. The zero-order valence-corrected chi connectivity index (χ0v) is 10.3. The van der Waals surface area contributed by atoms with Gasteiger partial charge in [-0.2, -0.15) is 0 Å². The molecule has 0 bridgehead atoms. The zero-order valence-electron chi connectivity index (χ0n) is 10.3. The van der Waals surface area contributed by atoms with Crippen molar-refractivity contribution in [2.24, 2.45) is 0 Å². The lowest BCUT2D eigenvalue weighted by molar-refractivity contribution is -0.384. The molecule has 0 aliphatic carbocycles. The molecule has 19 heavy (non-hydrogen) atoms. The fraction of sp³-hybridized carbons (Fsp3) is 0.143. The summed E-state index contributed by atoms with van der Waals surface area (Å²) in [6.07, 6.45) is 0. The number of para-hydroxylation sites is 1. The molecule has 0 aromatic heterocycles. The molecule has 4 nitrogen and oxygen atoms in total. The maximum absolute atomic E-state index is 13.5. The second-order valence-corrected chi connectivity index (χ2v) is 4.19. The van der Waals surface area contributed by atoms with E-state index in [9.17, 15) is 14.5 Å². The maximum atomic E-state index is 13.5. The number of nitro groups is 1. The van der Waals surface area contributed by atoms with Crippen LogP contribution < -0.4 is 5.32 Å². The number of anilines is 1. The lowest BCUT2D eigenvalue weighted by atomic mass is 10.1. The minimum Gasteiger partial charge on any atom is -0.376 e. The van der Waals surface area contributed by atoms with Gasteiger partial charge in [0.15, 0.2) is 0 Å². The summed E-state index contributed by atoms with van der Waals surface area (Å²) in [6, 6.07) is 12.5. The Morgan fingerprint density at radius 2 is 1.79 bits per heavy atom. The third-order valence-electron chi connectivity index (χ3n) is 2.85. The lowest BCUT2D eigenvalue weighted by Gasteiger charge is -2.16. The Morgan fingerprint density at radius 1 is 1.16 bits per heavy atom. The van der Waals surface area contributed by atoms with Gasteiger partial charge in [0.1, 0.15) is 5.82 Å². The highest BCUT2D eigenvalue weighted by Crippen LogP contribution is 2.23. The van der Waals surface area contributed by atoms with Crippen LogP contribution in [0, 0.1) is 15.9 Å². The summed E-state index contributed by atoms with van der Waals surface area (Å²) < 4.78 is 13.5. The van der Waals surface area contributed by atoms with Gasteiger partial charge in [0.05, 0.1) is 10.6 Å². The molecule has 2 aromatic rings. The number of nitrogens with zero attached hydrogens (tertiary/aromatic N) is 1. The standard InChI is InChI=1S/C14H13FN2O2/c1-10(16-14-5-3-2-4-13(14)15)11-6-8-12(9-7-11)17(18)19/h2-10,16H,1H3. The number of hydrogen-bond acceptors (Lipinski definition) is 3. The third kappa shape index (κ3) is 3.07. The summed E-state index contributed by atoms with van der Waals surface area (Å²) in [5.74, 6) is -0.323. The summed E-state index contributed by atoms with van der Waals surface area (Å²) in [7, 11) is 0. The Morgan fingerprint density at radius 3 is 2.37 bits per heavy atom. The Bertz CT molecular complexity index is 584. The molecule has 0 aliphatic heterocycles. The summed E-state index contributed by atoms with van der Waals surface area (Å²) >= 11 is 0. The van der Waals surface area contributed by atoms with E-state index in [0.29, 0.717) is 5.69 Å². The van der Waals surface area contributed by atoms with Gasteiger partial charge in [-0.1, -0.05) is 24.3 Å². The monoisotopic (exact) mass is 260 g/mol. The third-order valence-corrected chi connectivity index (χ3v) is 2.85. The predicted octanol–water partition coefficient (Wildman–Crippen LogP) is 3.91. The van der Waals surface area contributed by atoms with Crippen LogP contribution >= 0.6 is 0 Å². The first-order chi connectivity index (χ1) is 9.08. The molecule has 0 saturated heterocycles. The van der Waals surface area contributed by atoms with E-state index in [1.165, 1.54) is 18.2 Å². The van der Waals surface area contributed by atoms with Crippen molar-refractivity contribution < 1.29 is 9.31 Å². The van der Waals surface area contributed by atoms with Crippen molar-refractivity contribution in [2.45, 2.75) is 13.0 Å². The van der Waals surface area contributed by atoms with E-state index in [-0.39, 0.29) is 17.5 Å². The van der Waals surface area contributed by atoms with Crippen molar-refractivity contribution in [2.75, 3.05) is 5.32 Å². The molecular formula is C14H13FN2O2. The van der Waals surface area contributed by atoms with Crippen LogP contribution in [0.4, 0.5) is 15.8 Å². The molecule has 1 unspecified atom stereocenters. The van der Waals surface area contributed by atoms with Crippen LogP contribution in [0.25, 0.3) is 0 Å². The van der Waals surface area contributed by atoms with Crippen molar-refractivity contribution in [3.8, 4) is 0 Å². The van der Waals surface area contributed by atoms with E-state index >= 15 is 0 Å². The van der Waals surface area contributed by atoms with Crippen molar-refractivity contribution in [3.05, 3.63) is 70.0 Å². The van der Waals surface area contributed by atoms with E-state index in [1.54, 1.807) is 30.3 Å². The van der Waals surface area contributed by atoms with Crippen molar-refractivity contribution in [1.29, 1.82) is 0 Å². The van der Waals surface area contributed by atoms with Gasteiger partial charge in [-0.05, 0) is 24.6 Å². The molecule has 1 atom stereocenters. The number of rotatable bonds is 4. The normalized spacial score (nSPS) is 11.9. The number of non-ortho nitro benzene ring substituents is 1. The Hall–Kier alpha value is -2.43. The van der Waals surface area contributed by atoms with Crippen LogP contribution in [0.15, 0.2) is 48.5 Å². The fourth-order valence-corrected chi connectivity index (χ4v) is 1.78. The van der Waals surface area contributed by atoms with Crippen molar-refractivity contribution in [1.82, 2.24) is 0 Å². The van der Waals surface area contributed by atoms with Gasteiger partial charge in [-0.25, -0.2) is 4.39 Å². The molecule has 0 amide bonds. The highest BCUT2D eigenvalue weighted by molar-refractivity contribution is 5.47. The molecule has 98 valence electrons. The number of halogens is 1. The van der Waals surface area contributed by atoms with E-state index in [4.69, 9.17) is 0 Å². The molecule has 0 fully saturated rings. The summed E-state index contributed by atoms with van der Waals surface area (Å²) in [6.45, 7) is 1.87. The zero-order chi connectivity index (χ0) is 13.8. The molecule has 0 spiro atoms. The highest BCUT2D eigenvalue weighted by Gasteiger charge is 2.10. The topological polar surface area (TPSA) is 55.2 Å². The van der Waals surface area contributed by atoms with Crippen LogP contribution in [0.5, 0.6) is 0 Å². The average molecular weight is 260 g/mol. The molecule has 2 aromatic carbocycles. The van der Waals surface area contributed by atoms with Crippen LogP contribution in [-0.4, -0.2) is 4.92 Å². The Balaban J connectivity index is 2.14. The van der Waals surface area contributed by atoms with Gasteiger partial charge in [-0.3, -0.25) is 10.1 Å². The van der Waals surface area contributed by atoms with Crippen LogP contribution in [0.3, 0.4) is 0 Å². The molecule has 0 heterocycles. The quantitative estimate of drug-likeness (QED) is 0.669. The molecule has 0 aliphatic rings. The fourth-order valence-electron chi connectivity index (χ4n) is 1.78. The van der Waals surface area contributed by atoms with Gasteiger partial charge < -0.3 is 5.32 Å². The van der Waals surface area contributed by atoms with Gasteiger partial charge in [0.2, 0.25) is 0 Å².